The fraction of sp³-hybridized carbons (Fsp3) is 0.118. The first-order chi connectivity index (χ1) is 11.5. The third-order valence-corrected chi connectivity index (χ3v) is 3.55. The van der Waals surface area contributed by atoms with Crippen LogP contribution < -0.4 is 15.5 Å². The lowest BCUT2D eigenvalue weighted by Crippen LogP contribution is -2.32. The van der Waals surface area contributed by atoms with Gasteiger partial charge in [0.1, 0.15) is 5.75 Å². The molecule has 0 aliphatic rings. The van der Waals surface area contributed by atoms with E-state index in [1.165, 1.54) is 13.3 Å². The normalized spacial score (nSPS) is 10.5. The molecule has 2 aromatic carbocycles. The maximum absolute atomic E-state index is 11.8. The number of para-hydroxylation sites is 1. The summed E-state index contributed by atoms with van der Waals surface area (Å²) < 4.78 is 5.15. The van der Waals surface area contributed by atoms with Gasteiger partial charge in [0.25, 0.3) is 0 Å². The Bertz CT molecular complexity index is 790. The number of rotatable bonds is 4. The zero-order chi connectivity index (χ0) is 17.5. The lowest BCUT2D eigenvalue weighted by molar-refractivity contribution is -0.136. The number of anilines is 1. The number of methoxy groups -OCH3 is 1. The van der Waals surface area contributed by atoms with Crippen LogP contribution in [0.5, 0.6) is 5.75 Å². The van der Waals surface area contributed by atoms with E-state index in [4.69, 9.17) is 16.3 Å². The molecule has 0 aliphatic heterocycles. The summed E-state index contributed by atoms with van der Waals surface area (Å²) in [6.45, 7) is 1.84. The van der Waals surface area contributed by atoms with Crippen molar-refractivity contribution in [2.75, 3.05) is 12.4 Å². The van der Waals surface area contributed by atoms with E-state index in [2.05, 4.69) is 15.8 Å². The summed E-state index contributed by atoms with van der Waals surface area (Å²) in [5, 5.41) is 6.70. The minimum absolute atomic E-state index is 0.430. The van der Waals surface area contributed by atoms with Crippen molar-refractivity contribution in [3.8, 4) is 5.75 Å². The molecule has 24 heavy (non-hydrogen) atoms. The molecule has 0 atom stereocenters. The number of nitrogens with one attached hydrogen (secondary N) is 2. The summed E-state index contributed by atoms with van der Waals surface area (Å²) in [4.78, 5) is 23.6. The Balaban J connectivity index is 1.95. The maximum atomic E-state index is 11.8. The van der Waals surface area contributed by atoms with E-state index in [9.17, 15) is 9.59 Å². The lowest BCUT2D eigenvalue weighted by Gasteiger charge is -2.06. The van der Waals surface area contributed by atoms with E-state index in [1.54, 1.807) is 36.4 Å². The number of aryl methyl sites for hydroxylation is 1. The van der Waals surface area contributed by atoms with Crippen LogP contribution >= 0.6 is 11.6 Å². The van der Waals surface area contributed by atoms with Gasteiger partial charge in [0.2, 0.25) is 0 Å². The van der Waals surface area contributed by atoms with E-state index in [1.807, 2.05) is 13.0 Å². The predicted octanol–water partition coefficient (Wildman–Crippen LogP) is 2.75. The van der Waals surface area contributed by atoms with E-state index in [-0.39, 0.29) is 0 Å². The lowest BCUT2D eigenvalue weighted by atomic mass is 10.2. The quantitative estimate of drug-likeness (QED) is 0.508. The second-order valence-electron chi connectivity index (χ2n) is 4.86. The van der Waals surface area contributed by atoms with Crippen molar-refractivity contribution < 1.29 is 14.3 Å². The molecule has 2 amide bonds. The molecule has 0 aromatic heterocycles. The van der Waals surface area contributed by atoms with Crippen molar-refractivity contribution in [3.63, 3.8) is 0 Å². The Hall–Kier alpha value is -2.86. The minimum Gasteiger partial charge on any atom is -0.496 e. The molecule has 2 N–H and O–H groups in total. The molecular formula is C17H16ClN3O3. The number of halogens is 1. The largest absolute Gasteiger partial charge is 0.496 e. The summed E-state index contributed by atoms with van der Waals surface area (Å²) in [6.07, 6.45) is 1.40. The fourth-order valence-corrected chi connectivity index (χ4v) is 2.02. The molecule has 0 radical (unpaired) electrons. The van der Waals surface area contributed by atoms with Crippen molar-refractivity contribution in [1.29, 1.82) is 0 Å². The minimum atomic E-state index is -0.891. The molecule has 0 saturated carbocycles. The first-order valence-corrected chi connectivity index (χ1v) is 7.42. The van der Waals surface area contributed by atoms with Crippen LogP contribution in [0.25, 0.3) is 0 Å². The fourth-order valence-electron chi connectivity index (χ4n) is 1.84. The Kier molecular flexibility index (Phi) is 5.92. The standard InChI is InChI=1S/C17H16ClN3O3/c1-11-7-8-13(9-14(11)18)20-16(22)17(23)21-19-10-12-5-3-4-6-15(12)24-2/h3-10H,1-2H3,(H,20,22)(H,21,23)/b19-10+. The molecule has 0 fully saturated rings. The van der Waals surface area contributed by atoms with Gasteiger partial charge in [0, 0.05) is 16.3 Å². The van der Waals surface area contributed by atoms with Crippen molar-refractivity contribution in [3.05, 3.63) is 58.6 Å². The Morgan fingerprint density at radius 3 is 2.62 bits per heavy atom. The average Bonchev–Trinajstić information content (AvgIpc) is 2.58. The second-order valence-corrected chi connectivity index (χ2v) is 5.27. The zero-order valence-corrected chi connectivity index (χ0v) is 13.9. The van der Waals surface area contributed by atoms with Gasteiger partial charge in [-0.15, -0.1) is 0 Å². The van der Waals surface area contributed by atoms with Crippen LogP contribution in [0.15, 0.2) is 47.6 Å². The van der Waals surface area contributed by atoms with Crippen LogP contribution in [0, 0.1) is 6.92 Å². The third-order valence-electron chi connectivity index (χ3n) is 3.14. The third kappa shape index (κ3) is 4.57. The van der Waals surface area contributed by atoms with Crippen LogP contribution in [0.4, 0.5) is 5.69 Å². The summed E-state index contributed by atoms with van der Waals surface area (Å²) >= 11 is 5.97. The molecule has 2 aromatic rings. The predicted molar refractivity (Wildman–Crippen MR) is 93.5 cm³/mol. The number of hydrazone groups is 1. The van der Waals surface area contributed by atoms with Crippen molar-refractivity contribution in [1.82, 2.24) is 5.43 Å². The molecule has 7 heteroatoms. The monoisotopic (exact) mass is 345 g/mol. The van der Waals surface area contributed by atoms with Crippen LogP contribution in [0.3, 0.4) is 0 Å². The van der Waals surface area contributed by atoms with Crippen LogP contribution in [-0.2, 0) is 9.59 Å². The SMILES string of the molecule is COc1ccccc1/C=N/NC(=O)C(=O)Nc1ccc(C)c(Cl)c1. The van der Waals surface area contributed by atoms with Gasteiger partial charge in [-0.3, -0.25) is 9.59 Å². The zero-order valence-electron chi connectivity index (χ0n) is 13.2. The van der Waals surface area contributed by atoms with Crippen molar-refractivity contribution in [2.24, 2.45) is 5.10 Å². The molecule has 124 valence electrons. The second kappa shape index (κ2) is 8.12. The summed E-state index contributed by atoms with van der Waals surface area (Å²) in [5.74, 6) is -1.13. The van der Waals surface area contributed by atoms with Gasteiger partial charge in [-0.2, -0.15) is 5.10 Å². The molecule has 0 aliphatic carbocycles. The van der Waals surface area contributed by atoms with Crippen LogP contribution in [0.1, 0.15) is 11.1 Å². The number of ether oxygens (including phenoxy) is 1. The van der Waals surface area contributed by atoms with Gasteiger partial charge >= 0.3 is 11.8 Å². The van der Waals surface area contributed by atoms with Crippen LogP contribution in [-0.4, -0.2) is 25.1 Å². The Morgan fingerprint density at radius 1 is 1.17 bits per heavy atom. The number of hydrogen-bond acceptors (Lipinski definition) is 4. The number of nitrogens with zero attached hydrogens (tertiary/aromatic N) is 1. The highest BCUT2D eigenvalue weighted by Crippen LogP contribution is 2.19. The molecule has 0 bridgehead atoms. The van der Waals surface area contributed by atoms with Gasteiger partial charge < -0.3 is 10.1 Å². The molecule has 0 saturated heterocycles. The number of hydrogen-bond donors (Lipinski definition) is 2. The number of amides is 2. The van der Waals surface area contributed by atoms with Gasteiger partial charge in [0.15, 0.2) is 0 Å². The summed E-state index contributed by atoms with van der Waals surface area (Å²) in [7, 11) is 1.53. The van der Waals surface area contributed by atoms with E-state index in [0.717, 1.165) is 5.56 Å². The van der Waals surface area contributed by atoms with Gasteiger partial charge in [-0.1, -0.05) is 29.8 Å². The maximum Gasteiger partial charge on any atom is 0.329 e. The first-order valence-electron chi connectivity index (χ1n) is 7.05. The highest BCUT2D eigenvalue weighted by molar-refractivity contribution is 6.39. The van der Waals surface area contributed by atoms with Gasteiger partial charge in [-0.05, 0) is 36.8 Å². The van der Waals surface area contributed by atoms with E-state index in [0.29, 0.717) is 22.0 Å². The highest BCUT2D eigenvalue weighted by atomic mass is 35.5. The van der Waals surface area contributed by atoms with E-state index >= 15 is 0 Å². The summed E-state index contributed by atoms with van der Waals surface area (Å²) in [6, 6.07) is 12.1. The number of carbonyl (C=O) groups excluding carboxylic acids is 2. The Morgan fingerprint density at radius 2 is 1.92 bits per heavy atom. The van der Waals surface area contributed by atoms with Gasteiger partial charge in [-0.25, -0.2) is 5.43 Å². The first kappa shape index (κ1) is 17.5. The molecule has 6 nitrogen and oxygen atoms in total. The Labute approximate surface area is 144 Å². The molecule has 0 heterocycles. The smallest absolute Gasteiger partial charge is 0.329 e. The molecule has 2 rings (SSSR count). The van der Waals surface area contributed by atoms with Gasteiger partial charge in [0.05, 0.1) is 13.3 Å². The topological polar surface area (TPSA) is 79.8 Å². The highest BCUT2D eigenvalue weighted by Gasteiger charge is 2.13. The molecular weight excluding hydrogens is 330 g/mol. The molecule has 0 unspecified atom stereocenters. The van der Waals surface area contributed by atoms with Crippen LogP contribution in [0.2, 0.25) is 5.02 Å². The van der Waals surface area contributed by atoms with Crippen molar-refractivity contribution >= 4 is 35.3 Å². The number of benzene rings is 2. The van der Waals surface area contributed by atoms with Crippen molar-refractivity contribution in [2.45, 2.75) is 6.92 Å². The number of carbonyl (C=O) groups is 2. The van der Waals surface area contributed by atoms with E-state index < -0.39 is 11.8 Å². The average molecular weight is 346 g/mol. The summed E-state index contributed by atoms with van der Waals surface area (Å²) in [5.41, 5.74) is 4.14. The molecule has 0 spiro atoms.